The van der Waals surface area contributed by atoms with Crippen molar-refractivity contribution >= 4 is 34.0 Å². The summed E-state index contributed by atoms with van der Waals surface area (Å²) in [5.41, 5.74) is 1.83. The summed E-state index contributed by atoms with van der Waals surface area (Å²) in [6.45, 7) is 0. The van der Waals surface area contributed by atoms with Gasteiger partial charge in [0.05, 0.1) is 11.4 Å². The van der Waals surface area contributed by atoms with Crippen LogP contribution in [0.25, 0.3) is 11.4 Å². The van der Waals surface area contributed by atoms with Crippen LogP contribution in [0.2, 0.25) is 8.87 Å². The molecule has 0 fully saturated rings. The summed E-state index contributed by atoms with van der Waals surface area (Å²) in [4.78, 5) is 8.37. The number of pyridine rings is 2. The third-order valence-corrected chi connectivity index (χ3v) is 17.9. The van der Waals surface area contributed by atoms with Crippen molar-refractivity contribution < 1.29 is 114 Å². The molecule has 2 nitrogen and oxygen atoms in total. The molecule has 0 aromatic carbocycles. The van der Waals surface area contributed by atoms with E-state index in [4.69, 9.17) is 17.8 Å². The minimum absolute atomic E-state index is 0.915. The number of aromatic nitrogens is 2. The van der Waals surface area contributed by atoms with Gasteiger partial charge in [0.15, 0.2) is 0 Å². The Kier molecular flexibility index (Phi) is 15.2. The van der Waals surface area contributed by atoms with Gasteiger partial charge < -0.3 is 0 Å². The molecule has 0 spiro atoms. The maximum absolute atomic E-state index is 13.8. The minimum Gasteiger partial charge on any atom is -0.255 e. The molecule has 0 aliphatic carbocycles. The van der Waals surface area contributed by atoms with Crippen LogP contribution in [0.3, 0.4) is 0 Å². The Labute approximate surface area is 311 Å². The molecule has 2 aromatic rings. The summed E-state index contributed by atoms with van der Waals surface area (Å²) in [6, 6.07) is 11.6. The largest absolute Gasteiger partial charge is 0.255 e. The third-order valence-electron chi connectivity index (χ3n) is 7.20. The fraction of sp³-hybridized carbons (Fsp3) is 0.615. The van der Waals surface area contributed by atoms with Gasteiger partial charge in [0.2, 0.25) is 0 Å². The second kappa shape index (κ2) is 16.4. The number of hydrogen-bond donors (Lipinski definition) is 0. The molecule has 0 aliphatic heterocycles. The zero-order valence-electron chi connectivity index (χ0n) is 26.4. The van der Waals surface area contributed by atoms with Gasteiger partial charge in [-0.15, -0.1) is 0 Å². The Morgan fingerprint density at radius 1 is 0.368 bits per heavy atom. The summed E-state index contributed by atoms with van der Waals surface area (Å²) < 4.78 is 335. The first kappa shape index (κ1) is 52.9. The van der Waals surface area contributed by atoms with Crippen molar-refractivity contribution in [2.24, 2.45) is 0 Å². The van der Waals surface area contributed by atoms with Gasteiger partial charge >= 0.3 is 241 Å². The normalized spacial score (nSPS) is 15.3. The molecule has 0 aliphatic rings. The number of nitrogens with zero attached hydrogens (tertiary/aromatic N) is 2. The smallest absolute Gasteiger partial charge is 0.0886 e. The summed E-state index contributed by atoms with van der Waals surface area (Å²) in [6.07, 6.45) is -18.5. The van der Waals surface area contributed by atoms with Gasteiger partial charge in [0.25, 0.3) is 0 Å². The fourth-order valence-electron chi connectivity index (χ4n) is 3.75. The van der Waals surface area contributed by atoms with Crippen molar-refractivity contribution in [3.8, 4) is 11.4 Å². The first-order chi connectivity index (χ1) is 24.9. The Bertz CT molecular complexity index is 1500. The van der Waals surface area contributed by atoms with Gasteiger partial charge in [-0.2, -0.15) is 0 Å². The molecule has 2 aromatic heterocycles. The predicted molar refractivity (Wildman–Crippen MR) is 145 cm³/mol. The van der Waals surface area contributed by atoms with Crippen LogP contribution < -0.4 is 0 Å². The monoisotopic (exact) mass is 1040 g/mol. The molecule has 2 rings (SSSR count). The quantitative estimate of drug-likeness (QED) is 0.131. The van der Waals surface area contributed by atoms with Crippen molar-refractivity contribution in [1.82, 2.24) is 9.97 Å². The van der Waals surface area contributed by atoms with Gasteiger partial charge in [0.1, 0.15) is 0 Å². The molecular weight excluding hydrogens is 1020 g/mol. The minimum atomic E-state index is -8.36. The van der Waals surface area contributed by atoms with E-state index < -0.39 is 109 Å². The van der Waals surface area contributed by atoms with E-state index in [0.717, 1.165) is 11.4 Å². The van der Waals surface area contributed by atoms with Crippen LogP contribution in [0.1, 0.15) is 12.8 Å². The van der Waals surface area contributed by atoms with E-state index in [0.29, 0.717) is 0 Å². The van der Waals surface area contributed by atoms with Crippen LogP contribution in [-0.2, 0) is 0 Å². The van der Waals surface area contributed by atoms with Gasteiger partial charge in [-0.1, -0.05) is 12.1 Å². The summed E-state index contributed by atoms with van der Waals surface area (Å²) >= 11 is -6.51. The molecule has 0 bridgehead atoms. The summed E-state index contributed by atoms with van der Waals surface area (Å²) in [5, 5.41) is 0. The van der Waals surface area contributed by atoms with Crippen molar-refractivity contribution in [2.45, 2.75) is 93.3 Å². The molecule has 0 atom stereocenters. The van der Waals surface area contributed by atoms with E-state index in [1.165, 1.54) is 0 Å². The molecule has 0 saturated heterocycles. The maximum atomic E-state index is 13.8. The first-order valence-corrected chi connectivity index (χ1v) is 25.3. The van der Waals surface area contributed by atoms with E-state index in [-0.39, 0.29) is 0 Å². The standard InChI is InChI=1S/C10H8N2.2C8H4F13.2ClH.Sn/c1-3-7-11-9(5-1)10-6-2-4-8-12-10;2*1-2-3(9,10)4(11,12)5(13,14)6(15,16)7(17,18)8(19,20)21;;;/h1-8H;2*1-2H2;2*1H;/q;;;;;+2/p-2. The summed E-state index contributed by atoms with van der Waals surface area (Å²) in [5.74, 6) is -79.4. The summed E-state index contributed by atoms with van der Waals surface area (Å²) in [7, 11) is 10.3. The molecule has 0 radical (unpaired) electrons. The second-order valence-electron chi connectivity index (χ2n) is 11.3. The molecule has 330 valence electrons. The number of alkyl halides is 26. The SMILES string of the molecule is FC(F)(F)C(F)(F)C(F)(F)C(F)(F)C(F)(F)C(F)(F)C[CH2][Sn]([Cl])([Cl])[CH2]CC(F)(F)C(F)(F)C(F)(F)C(F)(F)C(F)(F)C(F)(F)F.c1ccc(-c2ccccn2)nc1. The van der Waals surface area contributed by atoms with Crippen LogP contribution in [-0.4, -0.2) is 97.7 Å². The van der Waals surface area contributed by atoms with Crippen LogP contribution >= 0.6 is 17.8 Å². The molecule has 0 amide bonds. The average molecular weight is 1040 g/mol. The van der Waals surface area contributed by atoms with Crippen molar-refractivity contribution in [1.29, 1.82) is 0 Å². The Morgan fingerprint density at radius 2 is 0.614 bits per heavy atom. The molecule has 0 saturated carbocycles. The van der Waals surface area contributed by atoms with E-state index in [1.54, 1.807) is 12.4 Å². The van der Waals surface area contributed by atoms with E-state index in [1.807, 2.05) is 36.4 Å². The number of halogens is 28. The van der Waals surface area contributed by atoms with Crippen LogP contribution in [0.15, 0.2) is 48.8 Å². The predicted octanol–water partition coefficient (Wildman–Crippen LogP) is 13.3. The van der Waals surface area contributed by atoms with Gasteiger partial charge in [-0.3, -0.25) is 9.97 Å². The first-order valence-electron chi connectivity index (χ1n) is 14.0. The van der Waals surface area contributed by atoms with E-state index in [9.17, 15) is 114 Å². The molecule has 57 heavy (non-hydrogen) atoms. The van der Waals surface area contributed by atoms with Gasteiger partial charge in [0, 0.05) is 12.4 Å². The zero-order valence-corrected chi connectivity index (χ0v) is 30.8. The molecule has 2 heterocycles. The Hall–Kier alpha value is -2.14. The van der Waals surface area contributed by atoms with Crippen molar-refractivity contribution in [3.05, 3.63) is 48.8 Å². The van der Waals surface area contributed by atoms with Crippen molar-refractivity contribution in [2.75, 3.05) is 0 Å². The van der Waals surface area contributed by atoms with E-state index >= 15 is 0 Å². The Morgan fingerprint density at radius 3 is 0.825 bits per heavy atom. The number of rotatable bonds is 15. The zero-order chi connectivity index (χ0) is 45.6. The van der Waals surface area contributed by atoms with E-state index in [2.05, 4.69) is 9.97 Å². The van der Waals surface area contributed by atoms with Crippen LogP contribution in [0.5, 0.6) is 0 Å². The molecule has 31 heteroatoms. The molecule has 0 N–H and O–H groups in total. The number of hydrogen-bond acceptors (Lipinski definition) is 2. The molecular formula is C26H16Cl2F26N2Sn. The molecule has 0 unspecified atom stereocenters. The van der Waals surface area contributed by atoms with Crippen molar-refractivity contribution in [3.63, 3.8) is 0 Å². The maximum Gasteiger partial charge on any atom is 0.0886 e. The fourth-order valence-corrected chi connectivity index (χ4v) is 10.9. The third kappa shape index (κ3) is 9.75. The average Bonchev–Trinajstić information content (AvgIpc) is 3.06. The van der Waals surface area contributed by atoms with Gasteiger partial charge in [-0.25, -0.2) is 0 Å². The Balaban J connectivity index is 0.00000113. The van der Waals surface area contributed by atoms with Crippen LogP contribution in [0, 0.1) is 0 Å². The topological polar surface area (TPSA) is 25.8 Å². The van der Waals surface area contributed by atoms with Crippen LogP contribution in [0.4, 0.5) is 114 Å². The van der Waals surface area contributed by atoms with Gasteiger partial charge in [-0.05, 0) is 24.3 Å². The second-order valence-corrected chi connectivity index (χ2v) is 30.0.